The van der Waals surface area contributed by atoms with Gasteiger partial charge >= 0.3 is 18.9 Å². The summed E-state index contributed by atoms with van der Waals surface area (Å²) in [6.07, 6.45) is 3.05. The molecule has 1 aromatic carbocycles. The Kier molecular flexibility index (Phi) is 11.8. The molecule has 2 aromatic rings. The Hall–Kier alpha value is -2.42. The molecule has 2 rings (SSSR count). The van der Waals surface area contributed by atoms with Gasteiger partial charge < -0.3 is 9.05 Å². The normalized spacial score (nSPS) is 12.4. The van der Waals surface area contributed by atoms with Crippen LogP contribution in [-0.2, 0) is 20.2 Å². The molecule has 0 radical (unpaired) electrons. The van der Waals surface area contributed by atoms with Crippen molar-refractivity contribution in [3.8, 4) is 0 Å². The summed E-state index contributed by atoms with van der Waals surface area (Å²) in [7, 11) is -4.59. The second-order valence-corrected chi connectivity index (χ2v) is 12.0. The number of hydrogen-bond donors (Lipinski definition) is 0. The van der Waals surface area contributed by atoms with Crippen LogP contribution < -0.4 is 11.2 Å². The van der Waals surface area contributed by atoms with Gasteiger partial charge in [-0.15, -0.1) is 0 Å². The third-order valence-corrected chi connectivity index (χ3v) is 8.20. The SMILES string of the molecule is Cc1cn(CCCCCCCCC(F)(F)P(=O)(OC(C)C)OC(C)C)c(=O)n(C(=O)c2ccccc2)c1=O. The van der Waals surface area contributed by atoms with Crippen molar-refractivity contribution in [3.05, 3.63) is 68.5 Å². The maximum Gasteiger partial charge on any atom is 0.400 e. The van der Waals surface area contributed by atoms with Gasteiger partial charge in [-0.25, -0.2) is 4.79 Å². The zero-order valence-corrected chi connectivity index (χ0v) is 23.7. The number of hydrogen-bond acceptors (Lipinski definition) is 6. The van der Waals surface area contributed by atoms with E-state index in [2.05, 4.69) is 0 Å². The van der Waals surface area contributed by atoms with E-state index in [9.17, 15) is 27.7 Å². The van der Waals surface area contributed by atoms with Crippen LogP contribution in [0.5, 0.6) is 0 Å². The molecule has 0 fully saturated rings. The fourth-order valence-corrected chi connectivity index (χ4v) is 5.88. The van der Waals surface area contributed by atoms with E-state index < -0.39 is 49.0 Å². The smallest absolute Gasteiger partial charge is 0.302 e. The molecule has 11 heteroatoms. The molecule has 0 atom stereocenters. The number of carbonyl (C=O) groups excluding carboxylic acids is 1. The molecule has 0 amide bonds. The molecule has 0 saturated carbocycles. The van der Waals surface area contributed by atoms with Gasteiger partial charge in [-0.1, -0.05) is 43.9 Å². The number of nitrogens with zero attached hydrogens (tertiary/aromatic N) is 2. The summed E-state index contributed by atoms with van der Waals surface area (Å²) >= 11 is 0. The lowest BCUT2D eigenvalue weighted by Crippen LogP contribution is -2.44. The van der Waals surface area contributed by atoms with Gasteiger partial charge in [0, 0.05) is 30.3 Å². The van der Waals surface area contributed by atoms with E-state index in [0.29, 0.717) is 30.4 Å². The highest BCUT2D eigenvalue weighted by atomic mass is 31.2. The Morgan fingerprint density at radius 2 is 1.45 bits per heavy atom. The summed E-state index contributed by atoms with van der Waals surface area (Å²) in [6.45, 7) is 8.03. The summed E-state index contributed by atoms with van der Waals surface area (Å²) in [5.41, 5.74) is -4.36. The largest absolute Gasteiger partial charge is 0.400 e. The summed E-state index contributed by atoms with van der Waals surface area (Å²) in [6, 6.07) is 8.14. The highest BCUT2D eigenvalue weighted by molar-refractivity contribution is 7.55. The molecule has 0 N–H and O–H groups in total. The van der Waals surface area contributed by atoms with E-state index in [1.807, 2.05) is 0 Å². The Labute approximate surface area is 222 Å². The van der Waals surface area contributed by atoms with Crippen molar-refractivity contribution in [3.63, 3.8) is 0 Å². The maximum atomic E-state index is 14.7. The first-order valence-corrected chi connectivity index (χ1v) is 14.6. The molecule has 0 unspecified atom stereocenters. The minimum absolute atomic E-state index is 0.172. The second kappa shape index (κ2) is 14.1. The van der Waals surface area contributed by atoms with E-state index in [-0.39, 0.29) is 17.5 Å². The fraction of sp³-hybridized carbons (Fsp3) is 0.593. The van der Waals surface area contributed by atoms with Crippen molar-refractivity contribution >= 4 is 13.5 Å². The molecule has 38 heavy (non-hydrogen) atoms. The van der Waals surface area contributed by atoms with E-state index in [1.165, 1.54) is 38.5 Å². The van der Waals surface area contributed by atoms with Crippen molar-refractivity contribution in [2.45, 2.75) is 104 Å². The zero-order chi connectivity index (χ0) is 28.5. The first-order chi connectivity index (χ1) is 17.8. The molecule has 212 valence electrons. The quantitative estimate of drug-likeness (QED) is 0.187. The van der Waals surface area contributed by atoms with Gasteiger partial charge in [0.2, 0.25) is 0 Å². The number of aryl methyl sites for hydroxylation is 2. The predicted octanol–water partition coefficient (Wildman–Crippen LogP) is 6.37. The third kappa shape index (κ3) is 8.55. The Balaban J connectivity index is 1.86. The summed E-state index contributed by atoms with van der Waals surface area (Å²) in [4.78, 5) is 38.1. The van der Waals surface area contributed by atoms with Crippen molar-refractivity contribution in [1.29, 1.82) is 0 Å². The molecule has 0 aliphatic carbocycles. The van der Waals surface area contributed by atoms with Crippen LogP contribution in [0, 0.1) is 6.92 Å². The van der Waals surface area contributed by atoms with Crippen molar-refractivity contribution < 1.29 is 27.2 Å². The summed E-state index contributed by atoms with van der Waals surface area (Å²) < 4.78 is 54.3. The van der Waals surface area contributed by atoms with Gasteiger partial charge in [0.25, 0.3) is 11.5 Å². The molecule has 1 heterocycles. The number of unbranched alkanes of at least 4 members (excludes halogenated alkanes) is 5. The lowest BCUT2D eigenvalue weighted by Gasteiger charge is -2.29. The van der Waals surface area contributed by atoms with Crippen LogP contribution in [0.1, 0.15) is 88.6 Å². The van der Waals surface area contributed by atoms with Gasteiger partial charge in [-0.05, 0) is 59.6 Å². The molecule has 0 aliphatic heterocycles. The first kappa shape index (κ1) is 31.8. The number of rotatable bonds is 15. The highest BCUT2D eigenvalue weighted by Gasteiger charge is 2.53. The van der Waals surface area contributed by atoms with Crippen LogP contribution in [0.25, 0.3) is 0 Å². The first-order valence-electron chi connectivity index (χ1n) is 13.1. The zero-order valence-electron chi connectivity index (χ0n) is 22.8. The van der Waals surface area contributed by atoms with Gasteiger partial charge in [0.05, 0.1) is 12.2 Å². The number of carbonyl (C=O) groups is 1. The lowest BCUT2D eigenvalue weighted by atomic mass is 10.1. The lowest BCUT2D eigenvalue weighted by molar-refractivity contribution is 0.0122. The fourth-order valence-electron chi connectivity index (χ4n) is 3.98. The van der Waals surface area contributed by atoms with Crippen LogP contribution >= 0.6 is 7.60 Å². The molecule has 0 spiro atoms. The third-order valence-electron chi connectivity index (χ3n) is 5.78. The average Bonchev–Trinajstić information content (AvgIpc) is 2.83. The van der Waals surface area contributed by atoms with Gasteiger partial charge in [-0.2, -0.15) is 13.3 Å². The average molecular weight is 557 g/mol. The van der Waals surface area contributed by atoms with Crippen molar-refractivity contribution in [2.24, 2.45) is 0 Å². The van der Waals surface area contributed by atoms with E-state index >= 15 is 0 Å². The van der Waals surface area contributed by atoms with Gasteiger partial charge in [-0.3, -0.25) is 18.7 Å². The summed E-state index contributed by atoms with van der Waals surface area (Å²) in [5.74, 6) is -0.669. The minimum Gasteiger partial charge on any atom is -0.302 e. The van der Waals surface area contributed by atoms with E-state index in [1.54, 1.807) is 37.3 Å². The molecule has 0 bridgehead atoms. The molecular weight excluding hydrogens is 517 g/mol. The van der Waals surface area contributed by atoms with E-state index in [0.717, 1.165) is 12.8 Å². The Morgan fingerprint density at radius 3 is 2.00 bits per heavy atom. The van der Waals surface area contributed by atoms with Crippen LogP contribution in [0.3, 0.4) is 0 Å². The van der Waals surface area contributed by atoms with Crippen LogP contribution in [0.4, 0.5) is 8.78 Å². The predicted molar refractivity (Wildman–Crippen MR) is 143 cm³/mol. The summed E-state index contributed by atoms with van der Waals surface area (Å²) in [5, 5.41) is 0. The van der Waals surface area contributed by atoms with Gasteiger partial charge in [0.1, 0.15) is 0 Å². The minimum atomic E-state index is -4.59. The highest BCUT2D eigenvalue weighted by Crippen LogP contribution is 2.65. The number of alkyl halides is 2. The van der Waals surface area contributed by atoms with Crippen LogP contribution in [0.2, 0.25) is 0 Å². The molecular formula is C27H39F2N2O6P. The number of aromatic nitrogens is 2. The number of benzene rings is 1. The second-order valence-electron chi connectivity index (χ2n) is 9.94. The molecule has 0 saturated heterocycles. The monoisotopic (exact) mass is 556 g/mol. The Bertz CT molecular complexity index is 1210. The molecule has 0 aliphatic rings. The topological polar surface area (TPSA) is 96.6 Å². The van der Waals surface area contributed by atoms with Crippen molar-refractivity contribution in [2.75, 3.05) is 0 Å². The molecule has 1 aromatic heterocycles. The maximum absolute atomic E-state index is 14.7. The van der Waals surface area contributed by atoms with Crippen molar-refractivity contribution in [1.82, 2.24) is 9.13 Å². The van der Waals surface area contributed by atoms with E-state index in [4.69, 9.17) is 9.05 Å². The number of halogens is 2. The van der Waals surface area contributed by atoms with Gasteiger partial charge in [0.15, 0.2) is 0 Å². The van der Waals surface area contributed by atoms with Crippen LogP contribution in [-0.4, -0.2) is 32.9 Å². The molecule has 8 nitrogen and oxygen atoms in total. The Morgan fingerprint density at radius 1 is 0.921 bits per heavy atom. The van der Waals surface area contributed by atoms with Crippen LogP contribution in [0.15, 0.2) is 46.1 Å². The standard InChI is InChI=1S/C27H39F2N2O6P/c1-20(2)36-38(35,37-21(3)4)27(28,29)17-13-8-6-7-9-14-18-30-19-22(5)24(32)31(26(30)34)25(33)23-15-11-10-12-16-23/h10-12,15-16,19-21H,6-9,13-14,17-18H2,1-5H3.